The van der Waals surface area contributed by atoms with Crippen molar-refractivity contribution in [3.63, 3.8) is 0 Å². The van der Waals surface area contributed by atoms with Crippen molar-refractivity contribution < 1.29 is 9.53 Å². The highest BCUT2D eigenvalue weighted by Crippen LogP contribution is 2.23. The maximum atomic E-state index is 12.5. The Morgan fingerprint density at radius 1 is 1.03 bits per heavy atom. The van der Waals surface area contributed by atoms with Crippen molar-refractivity contribution in [1.82, 2.24) is 10.2 Å². The van der Waals surface area contributed by atoms with Gasteiger partial charge >= 0.3 is 0 Å². The molecule has 7 nitrogen and oxygen atoms in total. The van der Waals surface area contributed by atoms with Gasteiger partial charge in [-0.15, -0.1) is 5.10 Å². The number of carbonyl (C=O) groups is 1. The number of nitrogens with zero attached hydrogens (tertiary/aromatic N) is 3. The molecule has 1 amide bonds. The lowest BCUT2D eigenvalue weighted by Gasteiger charge is -2.17. The Balaban J connectivity index is 1.32. The number of anilines is 4. The molecule has 0 unspecified atom stereocenters. The molecule has 4 rings (SSSR count). The fourth-order valence-corrected chi connectivity index (χ4v) is 3.59. The van der Waals surface area contributed by atoms with E-state index in [1.54, 1.807) is 18.3 Å². The highest BCUT2D eigenvalue weighted by molar-refractivity contribution is 6.04. The van der Waals surface area contributed by atoms with E-state index in [2.05, 4.69) is 32.7 Å². The number of unbranched alkanes of at least 4 members (excludes halogenated alkanes) is 1. The molecule has 0 radical (unpaired) electrons. The van der Waals surface area contributed by atoms with Crippen LogP contribution in [-0.4, -0.2) is 35.8 Å². The minimum atomic E-state index is -0.157. The van der Waals surface area contributed by atoms with E-state index < -0.39 is 0 Å². The van der Waals surface area contributed by atoms with Gasteiger partial charge in [-0.25, -0.2) is 0 Å². The average Bonchev–Trinajstić information content (AvgIpc) is 3.36. The maximum Gasteiger partial charge on any atom is 0.255 e. The third kappa shape index (κ3) is 5.75. The van der Waals surface area contributed by atoms with Crippen LogP contribution in [0.4, 0.5) is 22.9 Å². The van der Waals surface area contributed by atoms with Crippen LogP contribution in [0.25, 0.3) is 0 Å². The molecule has 2 aromatic carbocycles. The molecule has 7 heteroatoms. The summed E-state index contributed by atoms with van der Waals surface area (Å²) in [4.78, 5) is 14.9. The first-order chi connectivity index (χ1) is 15.7. The number of nitrogens with one attached hydrogen (secondary N) is 2. The largest absolute Gasteiger partial charge is 0.494 e. The third-order valence-electron chi connectivity index (χ3n) is 5.41. The van der Waals surface area contributed by atoms with Crippen molar-refractivity contribution >= 4 is 28.8 Å². The Kier molecular flexibility index (Phi) is 7.17. The molecule has 0 spiro atoms. The third-order valence-corrected chi connectivity index (χ3v) is 5.41. The summed E-state index contributed by atoms with van der Waals surface area (Å²) in [6.07, 6.45) is 6.35. The van der Waals surface area contributed by atoms with Crippen molar-refractivity contribution in [2.45, 2.75) is 32.6 Å². The van der Waals surface area contributed by atoms with Gasteiger partial charge in [0.25, 0.3) is 5.91 Å². The molecule has 166 valence electrons. The molecule has 1 saturated heterocycles. The summed E-state index contributed by atoms with van der Waals surface area (Å²) < 4.78 is 5.65. The highest BCUT2D eigenvalue weighted by Gasteiger charge is 2.13. The maximum absolute atomic E-state index is 12.5. The van der Waals surface area contributed by atoms with Crippen molar-refractivity contribution in [1.29, 1.82) is 0 Å². The summed E-state index contributed by atoms with van der Waals surface area (Å²) in [6, 6.07) is 16.8. The second-order valence-corrected chi connectivity index (χ2v) is 7.88. The second-order valence-electron chi connectivity index (χ2n) is 7.88. The van der Waals surface area contributed by atoms with Gasteiger partial charge in [0.2, 0.25) is 0 Å². The Morgan fingerprint density at radius 3 is 2.47 bits per heavy atom. The van der Waals surface area contributed by atoms with Crippen LogP contribution in [0.15, 0.2) is 60.8 Å². The zero-order valence-corrected chi connectivity index (χ0v) is 18.4. The standard InChI is InChI=1S/C25H29N5O2/c1-2-3-16-32-23-12-6-19(7-13-23)25(31)28-21-10-8-20(9-11-21)27-24-17-22(18-26-29-24)30-14-4-5-15-30/h6-13,17-18H,2-5,14-16H2,1H3,(H,27,29)(H,28,31). The predicted octanol–water partition coefficient (Wildman–Crippen LogP) is 5.25. The molecule has 2 N–H and O–H groups in total. The predicted molar refractivity (Wildman–Crippen MR) is 128 cm³/mol. The molecule has 1 aliphatic heterocycles. The summed E-state index contributed by atoms with van der Waals surface area (Å²) in [6.45, 7) is 4.94. The van der Waals surface area contributed by atoms with E-state index in [9.17, 15) is 4.79 Å². The van der Waals surface area contributed by atoms with Crippen molar-refractivity contribution in [2.24, 2.45) is 0 Å². The number of hydrogen-bond donors (Lipinski definition) is 2. The van der Waals surface area contributed by atoms with Crippen molar-refractivity contribution in [3.05, 3.63) is 66.4 Å². The fraction of sp³-hybridized carbons (Fsp3) is 0.320. The summed E-state index contributed by atoms with van der Waals surface area (Å²) in [5, 5.41) is 14.5. The van der Waals surface area contributed by atoms with Gasteiger partial charge in [-0.2, -0.15) is 5.10 Å². The lowest BCUT2D eigenvalue weighted by atomic mass is 10.2. The zero-order chi connectivity index (χ0) is 22.2. The fourth-order valence-electron chi connectivity index (χ4n) is 3.59. The number of amides is 1. The zero-order valence-electron chi connectivity index (χ0n) is 18.4. The monoisotopic (exact) mass is 431 g/mol. The molecular formula is C25H29N5O2. The van der Waals surface area contributed by atoms with Crippen LogP contribution in [0, 0.1) is 0 Å². The summed E-state index contributed by atoms with van der Waals surface area (Å²) >= 11 is 0. The Bertz CT molecular complexity index is 1020. The van der Waals surface area contributed by atoms with Gasteiger partial charge in [-0.3, -0.25) is 4.79 Å². The number of ether oxygens (including phenoxy) is 1. The van der Waals surface area contributed by atoms with Gasteiger partial charge in [-0.1, -0.05) is 13.3 Å². The van der Waals surface area contributed by atoms with E-state index in [0.29, 0.717) is 18.0 Å². The van der Waals surface area contributed by atoms with Gasteiger partial charge in [0, 0.05) is 36.1 Å². The van der Waals surface area contributed by atoms with E-state index in [-0.39, 0.29) is 5.91 Å². The lowest BCUT2D eigenvalue weighted by Crippen LogP contribution is -2.18. The Morgan fingerprint density at radius 2 is 1.75 bits per heavy atom. The van der Waals surface area contributed by atoms with Crippen LogP contribution in [0.5, 0.6) is 5.75 Å². The molecule has 1 aromatic heterocycles. The molecule has 32 heavy (non-hydrogen) atoms. The molecule has 1 fully saturated rings. The van der Waals surface area contributed by atoms with Gasteiger partial charge in [0.05, 0.1) is 18.5 Å². The smallest absolute Gasteiger partial charge is 0.255 e. The van der Waals surface area contributed by atoms with Crippen LogP contribution in [0.3, 0.4) is 0 Å². The van der Waals surface area contributed by atoms with E-state index in [4.69, 9.17) is 4.74 Å². The highest BCUT2D eigenvalue weighted by atomic mass is 16.5. The molecule has 0 bridgehead atoms. The van der Waals surface area contributed by atoms with Gasteiger partial charge in [0.15, 0.2) is 5.82 Å². The second kappa shape index (κ2) is 10.6. The van der Waals surface area contributed by atoms with Crippen molar-refractivity contribution in [3.8, 4) is 5.75 Å². The lowest BCUT2D eigenvalue weighted by molar-refractivity contribution is 0.102. The first-order valence-corrected chi connectivity index (χ1v) is 11.2. The van der Waals surface area contributed by atoms with E-state index in [1.807, 2.05) is 42.5 Å². The number of hydrogen-bond acceptors (Lipinski definition) is 6. The average molecular weight is 432 g/mol. The van der Waals surface area contributed by atoms with Crippen molar-refractivity contribution in [2.75, 3.05) is 35.2 Å². The molecular weight excluding hydrogens is 402 g/mol. The van der Waals surface area contributed by atoms with Crippen LogP contribution in [0.1, 0.15) is 43.0 Å². The molecule has 2 heterocycles. The van der Waals surface area contributed by atoms with Crippen LogP contribution in [0.2, 0.25) is 0 Å². The van der Waals surface area contributed by atoms with Crippen LogP contribution in [-0.2, 0) is 0 Å². The van der Waals surface area contributed by atoms with E-state index >= 15 is 0 Å². The molecule has 0 saturated carbocycles. The Hall–Kier alpha value is -3.61. The SMILES string of the molecule is CCCCOc1ccc(C(=O)Nc2ccc(Nc3cc(N4CCCC4)cnn3)cc2)cc1. The minimum absolute atomic E-state index is 0.157. The normalized spacial score (nSPS) is 13.1. The van der Waals surface area contributed by atoms with Gasteiger partial charge in [-0.05, 0) is 67.8 Å². The van der Waals surface area contributed by atoms with Crippen LogP contribution >= 0.6 is 0 Å². The van der Waals surface area contributed by atoms with Gasteiger partial charge < -0.3 is 20.3 Å². The number of aromatic nitrogens is 2. The van der Waals surface area contributed by atoms with Gasteiger partial charge in [0.1, 0.15) is 5.75 Å². The minimum Gasteiger partial charge on any atom is -0.494 e. The summed E-state index contributed by atoms with van der Waals surface area (Å²) in [5.41, 5.74) is 3.28. The molecule has 0 atom stereocenters. The van der Waals surface area contributed by atoms with Crippen LogP contribution < -0.4 is 20.3 Å². The topological polar surface area (TPSA) is 79.4 Å². The first kappa shape index (κ1) is 21.6. The number of benzene rings is 2. The Labute approximate surface area is 188 Å². The summed E-state index contributed by atoms with van der Waals surface area (Å²) in [5.74, 6) is 1.32. The molecule has 3 aromatic rings. The summed E-state index contributed by atoms with van der Waals surface area (Å²) in [7, 11) is 0. The molecule has 1 aliphatic rings. The number of rotatable bonds is 9. The number of carbonyl (C=O) groups excluding carboxylic acids is 1. The quantitative estimate of drug-likeness (QED) is 0.451. The first-order valence-electron chi connectivity index (χ1n) is 11.2. The van der Waals surface area contributed by atoms with E-state index in [0.717, 1.165) is 48.7 Å². The molecule has 0 aliphatic carbocycles. The van der Waals surface area contributed by atoms with E-state index in [1.165, 1.54) is 12.8 Å².